The Morgan fingerprint density at radius 2 is 1.29 bits per heavy atom. The number of hydrogen-bond donors (Lipinski definition) is 0. The van der Waals surface area contributed by atoms with Gasteiger partial charge in [0.15, 0.2) is 0 Å². The van der Waals surface area contributed by atoms with Crippen LogP contribution in [-0.4, -0.2) is 9.13 Å². The van der Waals surface area contributed by atoms with Crippen molar-refractivity contribution in [1.29, 1.82) is 0 Å². The van der Waals surface area contributed by atoms with Gasteiger partial charge in [0, 0.05) is 50.3 Å². The number of fused-ring (bicyclic) bond motifs is 11. The maximum atomic E-state index is 6.35. The lowest BCUT2D eigenvalue weighted by Crippen LogP contribution is -2.30. The van der Waals surface area contributed by atoms with E-state index in [0.717, 1.165) is 22.2 Å². The number of hydrogen-bond acceptors (Lipinski definition) is 1. The van der Waals surface area contributed by atoms with Crippen LogP contribution in [0.25, 0.3) is 72.1 Å². The molecule has 1 unspecified atom stereocenters. The number of aryl methyl sites for hydroxylation is 1. The fourth-order valence-electron chi connectivity index (χ4n) is 8.10. The highest BCUT2D eigenvalue weighted by Crippen LogP contribution is 2.56. The van der Waals surface area contributed by atoms with Crippen LogP contribution in [0.3, 0.4) is 0 Å². The zero-order valence-corrected chi connectivity index (χ0v) is 23.3. The van der Waals surface area contributed by atoms with Gasteiger partial charge in [-0.05, 0) is 79.3 Å². The maximum absolute atomic E-state index is 6.35. The summed E-state index contributed by atoms with van der Waals surface area (Å²) < 4.78 is 11.4. The second kappa shape index (κ2) is 8.04. The van der Waals surface area contributed by atoms with E-state index >= 15 is 0 Å². The third-order valence-electron chi connectivity index (χ3n) is 10.0. The molecule has 3 nitrogen and oxygen atoms in total. The van der Waals surface area contributed by atoms with Crippen LogP contribution in [0.1, 0.15) is 35.6 Å². The minimum Gasteiger partial charge on any atom is -0.456 e. The third kappa shape index (κ3) is 2.81. The van der Waals surface area contributed by atoms with Crippen LogP contribution in [0.4, 0.5) is 0 Å². The van der Waals surface area contributed by atoms with Gasteiger partial charge in [-0.3, -0.25) is 0 Å². The number of benzene rings is 5. The lowest BCUT2D eigenvalue weighted by molar-refractivity contribution is 0.319. The monoisotopic (exact) mass is 540 g/mol. The number of nitrogens with zero attached hydrogens (tertiary/aromatic N) is 2. The molecule has 5 aromatic carbocycles. The van der Waals surface area contributed by atoms with E-state index in [1.807, 2.05) is 6.07 Å². The Balaban J connectivity index is 1.29. The number of para-hydroxylation sites is 3. The van der Waals surface area contributed by atoms with Crippen LogP contribution in [0.2, 0.25) is 0 Å². The van der Waals surface area contributed by atoms with Crippen molar-refractivity contribution in [2.45, 2.75) is 25.7 Å². The number of aromatic nitrogens is 2. The van der Waals surface area contributed by atoms with Gasteiger partial charge >= 0.3 is 0 Å². The van der Waals surface area contributed by atoms with Crippen LogP contribution in [-0.2, 0) is 0 Å². The second-order valence-corrected chi connectivity index (χ2v) is 12.1. The van der Waals surface area contributed by atoms with Gasteiger partial charge in [-0.25, -0.2) is 0 Å². The molecule has 0 saturated heterocycles. The summed E-state index contributed by atoms with van der Waals surface area (Å²) in [4.78, 5) is 0. The molecule has 42 heavy (non-hydrogen) atoms. The predicted molar refractivity (Wildman–Crippen MR) is 174 cm³/mol. The molecule has 1 saturated carbocycles. The molecule has 0 radical (unpaired) electrons. The summed E-state index contributed by atoms with van der Waals surface area (Å²) in [6, 6.07) is 39.7. The van der Waals surface area contributed by atoms with Gasteiger partial charge in [-0.15, -0.1) is 0 Å². The topological polar surface area (TPSA) is 23.0 Å². The molecule has 8 aromatic rings. The summed E-state index contributed by atoms with van der Waals surface area (Å²) in [7, 11) is 0. The molecule has 0 amide bonds. The molecule has 2 aliphatic carbocycles. The third-order valence-corrected chi connectivity index (χ3v) is 10.0. The molecule has 2 aliphatic rings. The molecular formula is C39H28N2O. The normalized spacial score (nSPS) is 18.1. The molecule has 200 valence electrons. The van der Waals surface area contributed by atoms with E-state index in [9.17, 15) is 0 Å². The Morgan fingerprint density at radius 3 is 2.12 bits per heavy atom. The highest BCUT2D eigenvalue weighted by molar-refractivity contribution is 6.13. The molecule has 0 bridgehead atoms. The van der Waals surface area contributed by atoms with Crippen molar-refractivity contribution < 1.29 is 4.42 Å². The van der Waals surface area contributed by atoms with Crippen LogP contribution in [0.5, 0.6) is 0 Å². The fourth-order valence-corrected chi connectivity index (χ4v) is 8.10. The van der Waals surface area contributed by atoms with Crippen molar-refractivity contribution in [3.8, 4) is 5.69 Å². The summed E-state index contributed by atoms with van der Waals surface area (Å²) in [6.07, 6.45) is 4.95. The summed E-state index contributed by atoms with van der Waals surface area (Å²) in [6.45, 7) is 2.24. The number of furan rings is 1. The SMILES string of the molecule is Cc1cccc2c1c1ccccc1n2C1=Cc2c(c3ccccc3n2-c2ccc3c(c2)oc2ccccc23)[C@H]2CCC12. The van der Waals surface area contributed by atoms with Crippen LogP contribution in [0.15, 0.2) is 114 Å². The maximum Gasteiger partial charge on any atom is 0.137 e. The zero-order valence-electron chi connectivity index (χ0n) is 23.3. The summed E-state index contributed by atoms with van der Waals surface area (Å²) in [5, 5.41) is 6.41. The van der Waals surface area contributed by atoms with Crippen molar-refractivity contribution in [2.75, 3.05) is 0 Å². The van der Waals surface area contributed by atoms with Crippen LogP contribution < -0.4 is 0 Å². The molecule has 3 heteroatoms. The smallest absolute Gasteiger partial charge is 0.137 e. The molecule has 0 aliphatic heterocycles. The molecule has 10 rings (SSSR count). The standard InChI is InChI=1S/C39H28N2O/c1-23-9-8-15-33-38(23)29-11-2-6-14-32(29)41(33)34-22-35-39(28-20-19-25(28)34)30-12-3-5-13-31(30)40(35)24-17-18-27-26-10-4-7-16-36(26)42-37(27)21-24/h2-18,21-22,25,28H,19-20H2,1H3/t25?,28-/m0/s1. The predicted octanol–water partition coefficient (Wildman–Crippen LogP) is 10.5. The van der Waals surface area contributed by atoms with Gasteiger partial charge in [0.1, 0.15) is 11.2 Å². The Labute approximate surface area is 242 Å². The van der Waals surface area contributed by atoms with Gasteiger partial charge < -0.3 is 13.6 Å². The van der Waals surface area contributed by atoms with E-state index in [1.165, 1.54) is 73.5 Å². The highest BCUT2D eigenvalue weighted by atomic mass is 16.3. The van der Waals surface area contributed by atoms with E-state index in [-0.39, 0.29) is 0 Å². The number of allylic oxidation sites excluding steroid dienone is 1. The minimum atomic E-state index is 0.508. The van der Waals surface area contributed by atoms with Crippen molar-refractivity contribution in [2.24, 2.45) is 5.92 Å². The van der Waals surface area contributed by atoms with E-state index in [4.69, 9.17) is 4.42 Å². The van der Waals surface area contributed by atoms with Gasteiger partial charge in [-0.2, -0.15) is 0 Å². The van der Waals surface area contributed by atoms with Crippen LogP contribution in [0, 0.1) is 12.8 Å². The van der Waals surface area contributed by atoms with Crippen molar-refractivity contribution in [3.05, 3.63) is 126 Å². The van der Waals surface area contributed by atoms with Gasteiger partial charge in [0.25, 0.3) is 0 Å². The number of rotatable bonds is 2. The Bertz CT molecular complexity index is 2450. The van der Waals surface area contributed by atoms with E-state index < -0.39 is 0 Å². The molecular weight excluding hydrogens is 512 g/mol. The van der Waals surface area contributed by atoms with Crippen molar-refractivity contribution in [3.63, 3.8) is 0 Å². The lowest BCUT2D eigenvalue weighted by atomic mass is 9.65. The summed E-state index contributed by atoms with van der Waals surface area (Å²) >= 11 is 0. The molecule has 3 aromatic heterocycles. The highest BCUT2D eigenvalue weighted by Gasteiger charge is 2.43. The van der Waals surface area contributed by atoms with Gasteiger partial charge in [-0.1, -0.05) is 66.7 Å². The van der Waals surface area contributed by atoms with E-state index in [0.29, 0.717) is 11.8 Å². The molecule has 2 atom stereocenters. The molecule has 0 N–H and O–H groups in total. The van der Waals surface area contributed by atoms with Gasteiger partial charge in [0.05, 0.1) is 22.2 Å². The average molecular weight is 541 g/mol. The zero-order chi connectivity index (χ0) is 27.5. The van der Waals surface area contributed by atoms with E-state index in [1.54, 1.807) is 0 Å². The lowest BCUT2D eigenvalue weighted by Gasteiger charge is -2.42. The van der Waals surface area contributed by atoms with Gasteiger partial charge in [0.2, 0.25) is 0 Å². The van der Waals surface area contributed by atoms with Crippen molar-refractivity contribution in [1.82, 2.24) is 9.13 Å². The van der Waals surface area contributed by atoms with Crippen LogP contribution >= 0.6 is 0 Å². The minimum absolute atomic E-state index is 0.508. The van der Waals surface area contributed by atoms with Crippen molar-refractivity contribution >= 4 is 66.4 Å². The Morgan fingerprint density at radius 1 is 0.595 bits per heavy atom. The molecule has 1 fully saturated rings. The molecule has 0 spiro atoms. The van der Waals surface area contributed by atoms with E-state index in [2.05, 4.69) is 125 Å². The summed E-state index contributed by atoms with van der Waals surface area (Å²) in [5.74, 6) is 1.02. The molecule has 3 heterocycles. The Hall–Kier alpha value is -5.02. The summed E-state index contributed by atoms with van der Waals surface area (Å²) in [5.41, 5.74) is 12.4. The Kier molecular flexibility index (Phi) is 4.34. The first-order chi connectivity index (χ1) is 20.8. The fraction of sp³-hybridized carbons (Fsp3) is 0.128. The quantitative estimate of drug-likeness (QED) is 0.214. The average Bonchev–Trinajstić information content (AvgIpc) is 3.64. The largest absolute Gasteiger partial charge is 0.456 e. The first-order valence-electron chi connectivity index (χ1n) is 15.0. The second-order valence-electron chi connectivity index (χ2n) is 12.1. The first-order valence-corrected chi connectivity index (χ1v) is 15.0. The first kappa shape index (κ1) is 22.6.